The van der Waals surface area contributed by atoms with E-state index in [1.54, 1.807) is 0 Å². The van der Waals surface area contributed by atoms with E-state index in [0.717, 1.165) is 5.75 Å². The first-order valence-corrected chi connectivity index (χ1v) is 8.38. The van der Waals surface area contributed by atoms with Crippen LogP contribution in [0.15, 0.2) is 54.6 Å². The average molecular weight is 295 g/mol. The van der Waals surface area contributed by atoms with Crippen molar-refractivity contribution in [2.24, 2.45) is 0 Å². The van der Waals surface area contributed by atoms with E-state index in [0.29, 0.717) is 6.61 Å². The number of likely N-dealkylation sites (tertiary alicyclic amines) is 1. The van der Waals surface area contributed by atoms with Gasteiger partial charge in [0.2, 0.25) is 0 Å². The lowest BCUT2D eigenvalue weighted by atomic mass is 10.1. The molecule has 22 heavy (non-hydrogen) atoms. The van der Waals surface area contributed by atoms with E-state index in [9.17, 15) is 0 Å². The molecule has 0 amide bonds. The van der Waals surface area contributed by atoms with Crippen LogP contribution in [0.1, 0.15) is 30.4 Å². The van der Waals surface area contributed by atoms with Gasteiger partial charge in [-0.25, -0.2) is 0 Å². The molecule has 1 saturated heterocycles. The number of nitrogens with zero attached hydrogens (tertiary/aromatic N) is 1. The predicted octanol–water partition coefficient (Wildman–Crippen LogP) is 4.29. The third-order valence-electron chi connectivity index (χ3n) is 4.31. The quantitative estimate of drug-likeness (QED) is 0.755. The number of benzene rings is 2. The Labute approximate surface area is 133 Å². The van der Waals surface area contributed by atoms with Gasteiger partial charge >= 0.3 is 0 Å². The summed E-state index contributed by atoms with van der Waals surface area (Å²) < 4.78 is 5.77. The SMILES string of the molecule is c1ccc(OCc2ccc(CCCN3CCCC3)cc2)cc1. The number of aryl methyl sites for hydroxylation is 1. The Morgan fingerprint density at radius 1 is 0.818 bits per heavy atom. The summed E-state index contributed by atoms with van der Waals surface area (Å²) in [6, 6.07) is 18.9. The van der Waals surface area contributed by atoms with E-state index < -0.39 is 0 Å². The van der Waals surface area contributed by atoms with Crippen molar-refractivity contribution in [3.8, 4) is 5.75 Å². The minimum atomic E-state index is 0.637. The zero-order valence-electron chi connectivity index (χ0n) is 13.2. The van der Waals surface area contributed by atoms with E-state index in [1.165, 1.54) is 56.4 Å². The summed E-state index contributed by atoms with van der Waals surface area (Å²) in [6.45, 7) is 4.49. The zero-order valence-corrected chi connectivity index (χ0v) is 13.2. The summed E-state index contributed by atoms with van der Waals surface area (Å²) in [5.41, 5.74) is 2.66. The minimum absolute atomic E-state index is 0.637. The lowest BCUT2D eigenvalue weighted by Crippen LogP contribution is -2.20. The van der Waals surface area contributed by atoms with Crippen LogP contribution < -0.4 is 4.74 Å². The molecule has 0 spiro atoms. The summed E-state index contributed by atoms with van der Waals surface area (Å²) in [4.78, 5) is 2.59. The van der Waals surface area contributed by atoms with E-state index in [-0.39, 0.29) is 0 Å². The second-order valence-electron chi connectivity index (χ2n) is 6.07. The molecule has 2 aromatic rings. The molecular formula is C20H25NO. The van der Waals surface area contributed by atoms with Gasteiger partial charge in [-0.2, -0.15) is 0 Å². The zero-order chi connectivity index (χ0) is 15.0. The first kappa shape index (κ1) is 15.1. The third kappa shape index (κ3) is 4.60. The van der Waals surface area contributed by atoms with E-state index in [4.69, 9.17) is 4.74 Å². The number of ether oxygens (including phenoxy) is 1. The molecule has 3 rings (SSSR count). The van der Waals surface area contributed by atoms with Crippen LogP contribution in [0.2, 0.25) is 0 Å². The Morgan fingerprint density at radius 2 is 1.50 bits per heavy atom. The molecule has 0 atom stereocenters. The third-order valence-corrected chi connectivity index (χ3v) is 4.31. The van der Waals surface area contributed by atoms with Gasteiger partial charge in [0.25, 0.3) is 0 Å². The lowest BCUT2D eigenvalue weighted by molar-refractivity contribution is 0.306. The number of rotatable bonds is 7. The van der Waals surface area contributed by atoms with Crippen LogP contribution in [0.4, 0.5) is 0 Å². The highest BCUT2D eigenvalue weighted by molar-refractivity contribution is 5.24. The Balaban J connectivity index is 1.41. The Morgan fingerprint density at radius 3 is 2.23 bits per heavy atom. The fourth-order valence-electron chi connectivity index (χ4n) is 3.00. The van der Waals surface area contributed by atoms with Crippen molar-refractivity contribution in [3.05, 3.63) is 65.7 Å². The van der Waals surface area contributed by atoms with Crippen LogP contribution in [0.3, 0.4) is 0 Å². The maximum Gasteiger partial charge on any atom is 0.119 e. The normalized spacial score (nSPS) is 15.1. The molecule has 0 aromatic heterocycles. The van der Waals surface area contributed by atoms with Gasteiger partial charge in [-0.1, -0.05) is 42.5 Å². The highest BCUT2D eigenvalue weighted by atomic mass is 16.5. The van der Waals surface area contributed by atoms with E-state index in [2.05, 4.69) is 29.2 Å². The molecule has 0 aliphatic carbocycles. The number of para-hydroxylation sites is 1. The molecule has 0 unspecified atom stereocenters. The molecule has 2 aromatic carbocycles. The Hall–Kier alpha value is -1.80. The van der Waals surface area contributed by atoms with Gasteiger partial charge in [-0.15, -0.1) is 0 Å². The molecule has 2 heteroatoms. The summed E-state index contributed by atoms with van der Waals surface area (Å²) in [5.74, 6) is 0.928. The maximum absolute atomic E-state index is 5.77. The number of hydrogen-bond donors (Lipinski definition) is 0. The van der Waals surface area contributed by atoms with Crippen LogP contribution in [0, 0.1) is 0 Å². The average Bonchev–Trinajstić information content (AvgIpc) is 3.08. The largest absolute Gasteiger partial charge is 0.489 e. The molecule has 0 N–H and O–H groups in total. The molecular weight excluding hydrogens is 270 g/mol. The maximum atomic E-state index is 5.77. The Bertz CT molecular complexity index is 544. The highest BCUT2D eigenvalue weighted by Gasteiger charge is 2.10. The fourth-order valence-corrected chi connectivity index (χ4v) is 3.00. The standard InChI is InChI=1S/C20H25NO/c1-2-8-20(9-3-1)22-17-19-12-10-18(11-13-19)7-6-16-21-14-4-5-15-21/h1-3,8-13H,4-7,14-17H2. The van der Waals surface area contributed by atoms with Crippen LogP contribution in [0.5, 0.6) is 5.75 Å². The van der Waals surface area contributed by atoms with Crippen molar-refractivity contribution in [1.29, 1.82) is 0 Å². The molecule has 1 aliphatic heterocycles. The van der Waals surface area contributed by atoms with E-state index in [1.807, 2.05) is 30.3 Å². The second kappa shape index (κ2) is 8.00. The van der Waals surface area contributed by atoms with Gasteiger partial charge in [0.05, 0.1) is 0 Å². The van der Waals surface area contributed by atoms with E-state index >= 15 is 0 Å². The first-order chi connectivity index (χ1) is 10.9. The summed E-state index contributed by atoms with van der Waals surface area (Å²) in [6.07, 6.45) is 5.21. The smallest absolute Gasteiger partial charge is 0.119 e. The van der Waals surface area contributed by atoms with Crippen molar-refractivity contribution >= 4 is 0 Å². The van der Waals surface area contributed by atoms with Crippen molar-refractivity contribution < 1.29 is 4.74 Å². The fraction of sp³-hybridized carbons (Fsp3) is 0.400. The molecule has 2 nitrogen and oxygen atoms in total. The number of hydrogen-bond acceptors (Lipinski definition) is 2. The molecule has 1 fully saturated rings. The van der Waals surface area contributed by atoms with Crippen molar-refractivity contribution in [3.63, 3.8) is 0 Å². The second-order valence-corrected chi connectivity index (χ2v) is 6.07. The molecule has 0 saturated carbocycles. The van der Waals surface area contributed by atoms with Crippen molar-refractivity contribution in [2.45, 2.75) is 32.3 Å². The Kier molecular flexibility index (Phi) is 5.49. The highest BCUT2D eigenvalue weighted by Crippen LogP contribution is 2.14. The predicted molar refractivity (Wildman–Crippen MR) is 91.2 cm³/mol. The molecule has 0 radical (unpaired) electrons. The lowest BCUT2D eigenvalue weighted by Gasteiger charge is -2.14. The van der Waals surface area contributed by atoms with Crippen LogP contribution in [0.25, 0.3) is 0 Å². The van der Waals surface area contributed by atoms with Gasteiger partial charge in [-0.05, 0) is 68.6 Å². The van der Waals surface area contributed by atoms with Crippen LogP contribution in [-0.4, -0.2) is 24.5 Å². The van der Waals surface area contributed by atoms with Gasteiger partial charge in [-0.3, -0.25) is 0 Å². The van der Waals surface area contributed by atoms with Crippen LogP contribution >= 0.6 is 0 Å². The van der Waals surface area contributed by atoms with Gasteiger partial charge < -0.3 is 9.64 Å². The van der Waals surface area contributed by atoms with Crippen LogP contribution in [-0.2, 0) is 13.0 Å². The molecule has 1 heterocycles. The molecule has 1 aliphatic rings. The summed E-state index contributed by atoms with van der Waals surface area (Å²) in [7, 11) is 0. The van der Waals surface area contributed by atoms with Crippen molar-refractivity contribution in [1.82, 2.24) is 4.90 Å². The van der Waals surface area contributed by atoms with Crippen molar-refractivity contribution in [2.75, 3.05) is 19.6 Å². The van der Waals surface area contributed by atoms with Gasteiger partial charge in [0.15, 0.2) is 0 Å². The molecule has 0 bridgehead atoms. The minimum Gasteiger partial charge on any atom is -0.489 e. The molecule has 116 valence electrons. The topological polar surface area (TPSA) is 12.5 Å². The van der Waals surface area contributed by atoms with Gasteiger partial charge in [0.1, 0.15) is 12.4 Å². The van der Waals surface area contributed by atoms with Gasteiger partial charge in [0, 0.05) is 0 Å². The summed E-state index contributed by atoms with van der Waals surface area (Å²) >= 11 is 0. The summed E-state index contributed by atoms with van der Waals surface area (Å²) in [5, 5.41) is 0. The first-order valence-electron chi connectivity index (χ1n) is 8.38. The monoisotopic (exact) mass is 295 g/mol.